The van der Waals surface area contributed by atoms with Crippen LogP contribution in [0.3, 0.4) is 0 Å². The van der Waals surface area contributed by atoms with Crippen LogP contribution in [0.5, 0.6) is 0 Å². The van der Waals surface area contributed by atoms with Crippen molar-refractivity contribution in [3.05, 3.63) is 69.7 Å². The topological polar surface area (TPSA) is 101 Å². The molecule has 0 bridgehead atoms. The van der Waals surface area contributed by atoms with Gasteiger partial charge in [0.05, 0.1) is 29.0 Å². The summed E-state index contributed by atoms with van der Waals surface area (Å²) in [6.45, 7) is 10.5. The van der Waals surface area contributed by atoms with Gasteiger partial charge in [-0.15, -0.1) is 0 Å². The fraction of sp³-hybridized carbons (Fsp3) is 0.500. The number of ether oxygens (including phenoxy) is 1. The molecule has 1 aliphatic rings. The van der Waals surface area contributed by atoms with E-state index in [9.17, 15) is 23.1 Å². The average molecular weight is 585 g/mol. The molecule has 1 saturated heterocycles. The number of halogens is 2. The molecular formula is C28H35Cl2NO6S. The molecule has 2 aromatic rings. The third-order valence-electron chi connectivity index (χ3n) is 6.82. The van der Waals surface area contributed by atoms with Crippen molar-refractivity contribution in [2.75, 3.05) is 5.75 Å². The van der Waals surface area contributed by atoms with E-state index < -0.39 is 62.6 Å². The van der Waals surface area contributed by atoms with E-state index in [1.807, 2.05) is 20.8 Å². The van der Waals surface area contributed by atoms with Gasteiger partial charge in [-0.05, 0) is 61.6 Å². The lowest BCUT2D eigenvalue weighted by Crippen LogP contribution is -2.60. The van der Waals surface area contributed by atoms with E-state index in [1.54, 1.807) is 69.3 Å². The maximum atomic E-state index is 14.1. The molecule has 208 valence electrons. The minimum atomic E-state index is -3.69. The zero-order valence-electron chi connectivity index (χ0n) is 22.4. The molecule has 1 aliphatic heterocycles. The largest absolute Gasteiger partial charge is 0.481 e. The first-order chi connectivity index (χ1) is 17.4. The Labute approximate surface area is 235 Å². The zero-order valence-corrected chi connectivity index (χ0v) is 24.8. The standard InChI is InChI=1S/C28H35Cl2NO6S/c1-27(2,3)22(16-38(35,36)28(4,5)6)31-24(17-10-12-19(29)13-11-17)25(18-8-7-9-20(30)14-18)37-21(26(31)34)15-23(32)33/h7-14,21-22,24-25H,15-16H2,1-6H3,(H,32,33)/t21-,22?,24-,25?/m1/s1. The fourth-order valence-corrected chi connectivity index (χ4v) is 6.45. The third-order valence-corrected chi connectivity index (χ3v) is 9.93. The van der Waals surface area contributed by atoms with Gasteiger partial charge in [0.15, 0.2) is 9.84 Å². The van der Waals surface area contributed by atoms with Crippen LogP contribution in [0.1, 0.15) is 71.2 Å². The summed E-state index contributed by atoms with van der Waals surface area (Å²) >= 11 is 12.5. The van der Waals surface area contributed by atoms with Crippen molar-refractivity contribution in [2.24, 2.45) is 5.41 Å². The van der Waals surface area contributed by atoms with E-state index in [1.165, 1.54) is 4.90 Å². The number of rotatable bonds is 7. The summed E-state index contributed by atoms with van der Waals surface area (Å²) < 4.78 is 32.2. The van der Waals surface area contributed by atoms with Crippen molar-refractivity contribution in [2.45, 2.75) is 77.0 Å². The molecule has 1 fully saturated rings. The predicted octanol–water partition coefficient (Wildman–Crippen LogP) is 6.11. The maximum absolute atomic E-state index is 14.1. The summed E-state index contributed by atoms with van der Waals surface area (Å²) in [6.07, 6.45) is -2.70. The Morgan fingerprint density at radius 1 is 1.00 bits per heavy atom. The highest BCUT2D eigenvalue weighted by molar-refractivity contribution is 7.92. The highest BCUT2D eigenvalue weighted by atomic mass is 35.5. The molecule has 1 amide bonds. The number of hydrogen-bond donors (Lipinski definition) is 1. The highest BCUT2D eigenvalue weighted by Gasteiger charge is 2.51. The molecule has 1 N–H and O–H groups in total. The normalized spacial score (nSPS) is 21.8. The molecule has 0 aromatic heterocycles. The fourth-order valence-electron chi connectivity index (χ4n) is 4.55. The second-order valence-electron chi connectivity index (χ2n) is 11.7. The van der Waals surface area contributed by atoms with Gasteiger partial charge < -0.3 is 14.7 Å². The number of morpholine rings is 1. The number of benzene rings is 2. The summed E-state index contributed by atoms with van der Waals surface area (Å²) in [6, 6.07) is 12.3. The van der Waals surface area contributed by atoms with Gasteiger partial charge in [-0.25, -0.2) is 8.42 Å². The monoisotopic (exact) mass is 583 g/mol. The van der Waals surface area contributed by atoms with Gasteiger partial charge in [-0.3, -0.25) is 9.59 Å². The van der Waals surface area contributed by atoms with Gasteiger partial charge in [0.2, 0.25) is 0 Å². The Hall–Kier alpha value is -2.13. The highest BCUT2D eigenvalue weighted by Crippen LogP contribution is 2.47. The summed E-state index contributed by atoms with van der Waals surface area (Å²) in [5.74, 6) is -2.08. The van der Waals surface area contributed by atoms with Crippen LogP contribution in [-0.4, -0.2) is 52.9 Å². The minimum absolute atomic E-state index is 0.308. The zero-order chi connectivity index (χ0) is 28.6. The maximum Gasteiger partial charge on any atom is 0.306 e. The molecule has 2 aromatic carbocycles. The van der Waals surface area contributed by atoms with E-state index in [0.29, 0.717) is 21.2 Å². The first-order valence-corrected chi connectivity index (χ1v) is 14.8. The summed E-state index contributed by atoms with van der Waals surface area (Å²) in [5, 5.41) is 10.5. The first kappa shape index (κ1) is 30.4. The second-order valence-corrected chi connectivity index (χ2v) is 15.4. The summed E-state index contributed by atoms with van der Waals surface area (Å²) in [7, 11) is -3.69. The van der Waals surface area contributed by atoms with E-state index in [4.69, 9.17) is 27.9 Å². The van der Waals surface area contributed by atoms with Crippen LogP contribution in [0.15, 0.2) is 48.5 Å². The van der Waals surface area contributed by atoms with Crippen molar-refractivity contribution in [3.8, 4) is 0 Å². The third kappa shape index (κ3) is 6.71. The Morgan fingerprint density at radius 3 is 2.11 bits per heavy atom. The van der Waals surface area contributed by atoms with Gasteiger partial charge >= 0.3 is 5.97 Å². The molecule has 0 aliphatic carbocycles. The number of carbonyl (C=O) groups excluding carboxylic acids is 1. The minimum Gasteiger partial charge on any atom is -0.481 e. The number of carboxylic acids is 1. The van der Waals surface area contributed by atoms with Crippen LogP contribution in [0.2, 0.25) is 10.0 Å². The Balaban J connectivity index is 2.30. The Morgan fingerprint density at radius 2 is 1.61 bits per heavy atom. The first-order valence-electron chi connectivity index (χ1n) is 12.3. The van der Waals surface area contributed by atoms with Crippen LogP contribution in [0.25, 0.3) is 0 Å². The lowest BCUT2D eigenvalue weighted by molar-refractivity contribution is -0.186. The van der Waals surface area contributed by atoms with Gasteiger partial charge in [0, 0.05) is 10.0 Å². The van der Waals surface area contributed by atoms with E-state index in [2.05, 4.69) is 0 Å². The number of carboxylic acid groups (broad SMARTS) is 1. The molecule has 4 atom stereocenters. The number of aliphatic carboxylic acids is 1. The van der Waals surface area contributed by atoms with Gasteiger partial charge in [0.25, 0.3) is 5.91 Å². The summed E-state index contributed by atoms with van der Waals surface area (Å²) in [5.41, 5.74) is 0.614. The molecule has 3 rings (SSSR count). The van der Waals surface area contributed by atoms with Crippen LogP contribution < -0.4 is 0 Å². The molecule has 38 heavy (non-hydrogen) atoms. The number of hydrogen-bond acceptors (Lipinski definition) is 5. The Bertz CT molecular complexity index is 1280. The number of sulfone groups is 1. The van der Waals surface area contributed by atoms with Crippen molar-refractivity contribution in [3.63, 3.8) is 0 Å². The van der Waals surface area contributed by atoms with E-state index >= 15 is 0 Å². The number of carbonyl (C=O) groups is 2. The molecule has 2 unspecified atom stereocenters. The molecule has 0 radical (unpaired) electrons. The van der Waals surface area contributed by atoms with Crippen LogP contribution >= 0.6 is 23.2 Å². The SMILES string of the molecule is CC(C)(C)C(CS(=O)(=O)C(C)(C)C)N1C(=O)[C@@H](CC(=O)O)OC(c2cccc(Cl)c2)[C@H]1c1ccc(Cl)cc1. The smallest absolute Gasteiger partial charge is 0.306 e. The molecular weight excluding hydrogens is 549 g/mol. The van der Waals surface area contributed by atoms with Gasteiger partial charge in [-0.2, -0.15) is 0 Å². The molecule has 0 saturated carbocycles. The molecule has 0 spiro atoms. The molecule has 10 heteroatoms. The van der Waals surface area contributed by atoms with Crippen molar-refractivity contribution < 1.29 is 27.9 Å². The van der Waals surface area contributed by atoms with Crippen molar-refractivity contribution >= 4 is 44.9 Å². The van der Waals surface area contributed by atoms with E-state index in [0.717, 1.165) is 0 Å². The lowest BCUT2D eigenvalue weighted by Gasteiger charge is -2.51. The van der Waals surface area contributed by atoms with Gasteiger partial charge in [0.1, 0.15) is 12.2 Å². The van der Waals surface area contributed by atoms with Gasteiger partial charge in [-0.1, -0.05) is 68.2 Å². The lowest BCUT2D eigenvalue weighted by atomic mass is 9.82. The molecule has 1 heterocycles. The second kappa shape index (κ2) is 11.2. The number of nitrogens with zero attached hydrogens (tertiary/aromatic N) is 1. The number of amides is 1. The quantitative estimate of drug-likeness (QED) is 0.422. The van der Waals surface area contributed by atoms with Crippen molar-refractivity contribution in [1.82, 2.24) is 4.90 Å². The van der Waals surface area contributed by atoms with Crippen LogP contribution in [0.4, 0.5) is 0 Å². The predicted molar refractivity (Wildman–Crippen MR) is 149 cm³/mol. The van der Waals surface area contributed by atoms with Crippen molar-refractivity contribution in [1.29, 1.82) is 0 Å². The Kier molecular flexibility index (Phi) is 8.93. The van der Waals surface area contributed by atoms with Crippen LogP contribution in [0, 0.1) is 5.41 Å². The van der Waals surface area contributed by atoms with Crippen LogP contribution in [-0.2, 0) is 24.2 Å². The molecule has 7 nitrogen and oxygen atoms in total. The van der Waals surface area contributed by atoms with E-state index in [-0.39, 0.29) is 5.75 Å². The average Bonchev–Trinajstić information content (AvgIpc) is 2.78. The summed E-state index contributed by atoms with van der Waals surface area (Å²) in [4.78, 5) is 27.4.